The molecule has 106 valence electrons. The highest BCUT2D eigenvalue weighted by Gasteiger charge is 2.16. The van der Waals surface area contributed by atoms with Crippen LogP contribution >= 0.6 is 11.5 Å². The molecule has 9 heteroatoms. The Kier molecular flexibility index (Phi) is 4.31. The van der Waals surface area contributed by atoms with Gasteiger partial charge in [0.15, 0.2) is 5.75 Å². The lowest BCUT2D eigenvalue weighted by molar-refractivity contribution is -0.385. The summed E-state index contributed by atoms with van der Waals surface area (Å²) in [7, 11) is 3.14. The standard InChI is InChI=1S/C11H12N4O4S/c1-12-11-8(13-14-20-11)6-19-7-3-4-10(18-2)9(5-7)15(16)17/h3-5,12H,6H2,1-2H3. The van der Waals surface area contributed by atoms with Gasteiger partial charge < -0.3 is 14.8 Å². The van der Waals surface area contributed by atoms with Gasteiger partial charge in [0, 0.05) is 18.6 Å². The first-order valence-corrected chi connectivity index (χ1v) is 6.37. The third kappa shape index (κ3) is 2.94. The van der Waals surface area contributed by atoms with Crippen molar-refractivity contribution in [3.05, 3.63) is 34.0 Å². The Balaban J connectivity index is 2.14. The number of aromatic nitrogens is 2. The maximum atomic E-state index is 10.9. The lowest BCUT2D eigenvalue weighted by Gasteiger charge is -2.07. The summed E-state index contributed by atoms with van der Waals surface area (Å²) < 4.78 is 14.2. The monoisotopic (exact) mass is 296 g/mol. The minimum Gasteiger partial charge on any atom is -0.490 e. The Bertz CT molecular complexity index is 616. The second kappa shape index (κ2) is 6.15. The van der Waals surface area contributed by atoms with Gasteiger partial charge in [0.05, 0.1) is 18.1 Å². The van der Waals surface area contributed by atoms with Crippen molar-refractivity contribution in [2.75, 3.05) is 19.5 Å². The zero-order valence-electron chi connectivity index (χ0n) is 10.8. The number of nitro groups is 1. The molecule has 0 radical (unpaired) electrons. The maximum Gasteiger partial charge on any atom is 0.314 e. The van der Waals surface area contributed by atoms with E-state index in [1.54, 1.807) is 13.1 Å². The number of benzene rings is 1. The minimum absolute atomic E-state index is 0.143. The molecule has 0 aliphatic carbocycles. The molecule has 0 fully saturated rings. The first kappa shape index (κ1) is 14.0. The summed E-state index contributed by atoms with van der Waals surface area (Å²) in [6.07, 6.45) is 0. The van der Waals surface area contributed by atoms with E-state index in [9.17, 15) is 10.1 Å². The number of methoxy groups -OCH3 is 1. The Hall–Kier alpha value is -2.42. The van der Waals surface area contributed by atoms with Gasteiger partial charge in [-0.1, -0.05) is 4.49 Å². The molecule has 8 nitrogen and oxygen atoms in total. The van der Waals surface area contributed by atoms with Crippen molar-refractivity contribution in [2.45, 2.75) is 6.61 Å². The van der Waals surface area contributed by atoms with E-state index in [0.717, 1.165) is 5.00 Å². The highest BCUT2D eigenvalue weighted by molar-refractivity contribution is 7.10. The van der Waals surface area contributed by atoms with Gasteiger partial charge in [0.2, 0.25) is 0 Å². The quantitative estimate of drug-likeness (QED) is 0.643. The van der Waals surface area contributed by atoms with E-state index in [1.807, 2.05) is 0 Å². The molecule has 2 aromatic rings. The Morgan fingerprint density at radius 2 is 2.30 bits per heavy atom. The predicted octanol–water partition coefficient (Wildman–Crippen LogP) is 2.08. The molecule has 0 spiro atoms. The topological polar surface area (TPSA) is 99.4 Å². The molecule has 1 aromatic carbocycles. The molecule has 2 rings (SSSR count). The number of ether oxygens (including phenoxy) is 2. The van der Waals surface area contributed by atoms with Crippen LogP contribution in [0.3, 0.4) is 0 Å². The molecular weight excluding hydrogens is 284 g/mol. The molecular formula is C11H12N4O4S. The predicted molar refractivity (Wildman–Crippen MR) is 73.4 cm³/mol. The average Bonchev–Trinajstić information content (AvgIpc) is 2.92. The van der Waals surface area contributed by atoms with E-state index in [2.05, 4.69) is 14.9 Å². The fourth-order valence-electron chi connectivity index (χ4n) is 1.55. The SMILES string of the molecule is CNc1snnc1COc1ccc(OC)c([N+](=O)[O-])c1. The van der Waals surface area contributed by atoms with Gasteiger partial charge in [-0.05, 0) is 12.1 Å². The molecule has 0 saturated carbocycles. The van der Waals surface area contributed by atoms with Gasteiger partial charge in [-0.15, -0.1) is 5.10 Å². The van der Waals surface area contributed by atoms with E-state index in [4.69, 9.17) is 9.47 Å². The summed E-state index contributed by atoms with van der Waals surface area (Å²) in [4.78, 5) is 10.4. The molecule has 0 atom stereocenters. The summed E-state index contributed by atoms with van der Waals surface area (Å²) in [6.45, 7) is 0.177. The van der Waals surface area contributed by atoms with E-state index in [-0.39, 0.29) is 18.0 Å². The highest BCUT2D eigenvalue weighted by Crippen LogP contribution is 2.31. The van der Waals surface area contributed by atoms with Crippen molar-refractivity contribution in [1.29, 1.82) is 0 Å². The number of nitrogens with one attached hydrogen (secondary N) is 1. The van der Waals surface area contributed by atoms with Crippen molar-refractivity contribution < 1.29 is 14.4 Å². The molecule has 0 bridgehead atoms. The molecule has 0 saturated heterocycles. The van der Waals surface area contributed by atoms with Crippen LogP contribution in [-0.2, 0) is 6.61 Å². The molecule has 20 heavy (non-hydrogen) atoms. The van der Waals surface area contributed by atoms with Crippen LogP contribution in [0.4, 0.5) is 10.7 Å². The normalized spacial score (nSPS) is 10.1. The van der Waals surface area contributed by atoms with Crippen LogP contribution in [0.1, 0.15) is 5.69 Å². The van der Waals surface area contributed by atoms with Crippen LogP contribution in [0, 0.1) is 10.1 Å². The summed E-state index contributed by atoms with van der Waals surface area (Å²) in [5.41, 5.74) is 0.506. The first-order chi connectivity index (χ1) is 9.65. The molecule has 0 aliphatic heterocycles. The Labute approximate surface area is 118 Å². The summed E-state index contributed by atoms with van der Waals surface area (Å²) in [5.74, 6) is 0.557. The molecule has 1 aromatic heterocycles. The zero-order chi connectivity index (χ0) is 14.5. The lowest BCUT2D eigenvalue weighted by Crippen LogP contribution is -2.00. The van der Waals surface area contributed by atoms with Crippen LogP contribution < -0.4 is 14.8 Å². The van der Waals surface area contributed by atoms with Crippen LogP contribution in [0.15, 0.2) is 18.2 Å². The fourth-order valence-corrected chi connectivity index (χ4v) is 2.06. The fraction of sp³-hybridized carbons (Fsp3) is 0.273. The number of nitrogens with zero attached hydrogens (tertiary/aromatic N) is 3. The van der Waals surface area contributed by atoms with E-state index in [1.165, 1.54) is 30.8 Å². The molecule has 1 heterocycles. The zero-order valence-corrected chi connectivity index (χ0v) is 11.6. The number of anilines is 1. The largest absolute Gasteiger partial charge is 0.490 e. The van der Waals surface area contributed by atoms with Gasteiger partial charge in [0.1, 0.15) is 23.1 Å². The average molecular weight is 296 g/mol. The Morgan fingerprint density at radius 1 is 1.50 bits per heavy atom. The van der Waals surface area contributed by atoms with Crippen molar-refractivity contribution in [3.63, 3.8) is 0 Å². The highest BCUT2D eigenvalue weighted by atomic mass is 32.1. The number of hydrogen-bond donors (Lipinski definition) is 1. The van der Waals surface area contributed by atoms with Crippen LogP contribution in [0.25, 0.3) is 0 Å². The summed E-state index contributed by atoms with van der Waals surface area (Å²) >= 11 is 1.22. The lowest BCUT2D eigenvalue weighted by atomic mass is 10.3. The molecule has 0 amide bonds. The maximum absolute atomic E-state index is 10.9. The second-order valence-corrected chi connectivity index (χ2v) is 4.43. The van der Waals surface area contributed by atoms with Crippen molar-refractivity contribution in [1.82, 2.24) is 9.59 Å². The van der Waals surface area contributed by atoms with E-state index >= 15 is 0 Å². The van der Waals surface area contributed by atoms with Gasteiger partial charge in [0.25, 0.3) is 0 Å². The number of hydrogen-bond acceptors (Lipinski definition) is 8. The van der Waals surface area contributed by atoms with Crippen molar-refractivity contribution in [2.24, 2.45) is 0 Å². The van der Waals surface area contributed by atoms with Gasteiger partial charge >= 0.3 is 5.69 Å². The first-order valence-electron chi connectivity index (χ1n) is 5.60. The smallest absolute Gasteiger partial charge is 0.314 e. The van der Waals surface area contributed by atoms with Gasteiger partial charge in [-0.25, -0.2) is 0 Å². The minimum atomic E-state index is -0.519. The van der Waals surface area contributed by atoms with Crippen LogP contribution in [0.5, 0.6) is 11.5 Å². The molecule has 0 unspecified atom stereocenters. The van der Waals surface area contributed by atoms with Crippen molar-refractivity contribution in [3.8, 4) is 11.5 Å². The molecule has 1 N–H and O–H groups in total. The second-order valence-electron chi connectivity index (χ2n) is 3.68. The van der Waals surface area contributed by atoms with Crippen molar-refractivity contribution >= 4 is 22.2 Å². The van der Waals surface area contributed by atoms with E-state index in [0.29, 0.717) is 11.4 Å². The van der Waals surface area contributed by atoms with Gasteiger partial charge in [-0.3, -0.25) is 10.1 Å². The third-order valence-corrected chi connectivity index (χ3v) is 3.29. The van der Waals surface area contributed by atoms with Crippen LogP contribution in [0.2, 0.25) is 0 Å². The number of rotatable bonds is 6. The molecule has 0 aliphatic rings. The third-order valence-electron chi connectivity index (χ3n) is 2.51. The van der Waals surface area contributed by atoms with Gasteiger partial charge in [-0.2, -0.15) is 0 Å². The Morgan fingerprint density at radius 3 is 2.95 bits per heavy atom. The van der Waals surface area contributed by atoms with E-state index < -0.39 is 4.92 Å². The summed E-state index contributed by atoms with van der Waals surface area (Å²) in [5, 5.41) is 18.6. The van der Waals surface area contributed by atoms with Crippen LogP contribution in [-0.4, -0.2) is 28.7 Å². The summed E-state index contributed by atoms with van der Waals surface area (Å²) in [6, 6.07) is 4.41. The number of nitro benzene ring substituents is 1.